The van der Waals surface area contributed by atoms with E-state index in [0.717, 1.165) is 12.8 Å². The Morgan fingerprint density at radius 3 is 1.69 bits per heavy atom. The van der Waals surface area contributed by atoms with Gasteiger partial charge in [0.05, 0.1) is 6.10 Å². The third-order valence-corrected chi connectivity index (χ3v) is 4.93. The highest BCUT2D eigenvalue weighted by molar-refractivity contribution is 5.54. The summed E-state index contributed by atoms with van der Waals surface area (Å²) in [6.45, 7) is 29.3. The van der Waals surface area contributed by atoms with E-state index in [1.165, 1.54) is 12.2 Å². The summed E-state index contributed by atoms with van der Waals surface area (Å²) in [5.41, 5.74) is -0.797. The van der Waals surface area contributed by atoms with Crippen LogP contribution < -0.4 is 0 Å². The van der Waals surface area contributed by atoms with Gasteiger partial charge in [-0.1, -0.05) is 91.0 Å². The Kier molecular flexibility index (Phi) is 14.6. The van der Waals surface area contributed by atoms with Gasteiger partial charge in [0.1, 0.15) is 0 Å². The molecule has 192 valence electrons. The first-order valence-corrected chi connectivity index (χ1v) is 11.5. The predicted molar refractivity (Wildman–Crippen MR) is 141 cm³/mol. The van der Waals surface area contributed by atoms with Gasteiger partial charge in [0.25, 0.3) is 0 Å². The lowest BCUT2D eigenvalue weighted by molar-refractivity contribution is 0.0690. The monoisotopic (exact) mass is 490 g/mol. The molecule has 0 aliphatic heterocycles. The van der Waals surface area contributed by atoms with E-state index >= 15 is 0 Å². The lowest BCUT2D eigenvalue weighted by Crippen LogP contribution is -2.15. The molecule has 0 heterocycles. The largest absolute Gasteiger partial charge is 0.373 e. The Morgan fingerprint density at radius 1 is 0.743 bits per heavy atom. The van der Waals surface area contributed by atoms with Gasteiger partial charge in [-0.05, 0) is 42.4 Å². The lowest BCUT2D eigenvalue weighted by atomic mass is 10.0. The third-order valence-electron chi connectivity index (χ3n) is 4.93. The van der Waals surface area contributed by atoms with Crippen molar-refractivity contribution in [2.24, 2.45) is 5.92 Å². The summed E-state index contributed by atoms with van der Waals surface area (Å²) in [5.74, 6) is -4.51. The van der Waals surface area contributed by atoms with Crippen LogP contribution in [0.2, 0.25) is 0 Å². The highest BCUT2D eigenvalue weighted by Crippen LogP contribution is 2.30. The smallest absolute Gasteiger partial charge is 0.166 e. The summed E-state index contributed by atoms with van der Waals surface area (Å²) in [7, 11) is 0. The molecule has 0 radical (unpaired) electrons. The van der Waals surface area contributed by atoms with E-state index in [1.54, 1.807) is 13.0 Å². The molecule has 0 fully saturated rings. The molecule has 35 heavy (non-hydrogen) atoms. The zero-order valence-corrected chi connectivity index (χ0v) is 21.5. The van der Waals surface area contributed by atoms with Crippen molar-refractivity contribution in [1.82, 2.24) is 0 Å². The minimum Gasteiger partial charge on any atom is -0.373 e. The molecule has 0 spiro atoms. The van der Waals surface area contributed by atoms with Gasteiger partial charge >= 0.3 is 0 Å². The molecule has 5 heteroatoms. The van der Waals surface area contributed by atoms with Crippen molar-refractivity contribution in [3.63, 3.8) is 0 Å². The van der Waals surface area contributed by atoms with Gasteiger partial charge in [-0.3, -0.25) is 0 Å². The summed E-state index contributed by atoms with van der Waals surface area (Å²) >= 11 is 0. The van der Waals surface area contributed by atoms with Crippen molar-refractivity contribution in [3.8, 4) is 0 Å². The fraction of sp³-hybridized carbons (Fsp3) is 0.333. The second-order valence-corrected chi connectivity index (χ2v) is 8.56. The molecule has 0 aliphatic carbocycles. The van der Waals surface area contributed by atoms with Crippen molar-refractivity contribution < 1.29 is 22.3 Å². The van der Waals surface area contributed by atoms with Crippen LogP contribution in [0.15, 0.2) is 121 Å². The SMILES string of the molecule is C=C(/C=C\C(=C)C(=C)/C(F)=C(/F)C(=C)C(C)OCC(C)C)C(=C)/C(F)=C(/F)C(=C)C/C=C\CCC. The summed E-state index contributed by atoms with van der Waals surface area (Å²) in [6, 6.07) is 0. The molecule has 1 nitrogen and oxygen atoms in total. The lowest BCUT2D eigenvalue weighted by Gasteiger charge is -2.17. The van der Waals surface area contributed by atoms with Crippen molar-refractivity contribution >= 4 is 0 Å². The highest BCUT2D eigenvalue weighted by Gasteiger charge is 2.20. The van der Waals surface area contributed by atoms with Crippen LogP contribution in [-0.4, -0.2) is 12.7 Å². The molecule has 0 aromatic rings. The quantitative estimate of drug-likeness (QED) is 0.119. The second kappa shape index (κ2) is 15.9. The van der Waals surface area contributed by atoms with Crippen molar-refractivity contribution in [2.75, 3.05) is 6.61 Å². The maximum Gasteiger partial charge on any atom is 0.166 e. The number of allylic oxidation sites excluding steroid dienone is 12. The van der Waals surface area contributed by atoms with Crippen LogP contribution in [-0.2, 0) is 4.74 Å². The highest BCUT2D eigenvalue weighted by atomic mass is 19.2. The molecule has 1 unspecified atom stereocenters. The van der Waals surface area contributed by atoms with Gasteiger partial charge in [-0.25, -0.2) is 17.6 Å². The number of hydrogen-bond acceptors (Lipinski definition) is 1. The Balaban J connectivity index is 5.33. The van der Waals surface area contributed by atoms with E-state index in [-0.39, 0.29) is 45.8 Å². The average Bonchev–Trinajstić information content (AvgIpc) is 2.84. The van der Waals surface area contributed by atoms with Crippen molar-refractivity contribution in [3.05, 3.63) is 121 Å². The van der Waals surface area contributed by atoms with Gasteiger partial charge in [-0.15, -0.1) is 0 Å². The number of hydrogen-bond donors (Lipinski definition) is 0. The fourth-order valence-electron chi connectivity index (χ4n) is 2.46. The maximum atomic E-state index is 14.6. The van der Waals surface area contributed by atoms with E-state index in [9.17, 15) is 17.6 Å². The molecular formula is C30H38F4O. The molecule has 0 saturated heterocycles. The number of unbranched alkanes of at least 4 members (excludes halogenated alkanes) is 1. The first-order valence-electron chi connectivity index (χ1n) is 11.5. The molecule has 0 aliphatic rings. The van der Waals surface area contributed by atoms with Gasteiger partial charge in [0.15, 0.2) is 23.3 Å². The standard InChI is InChI=1S/C30H38F4O/c1-11-12-13-14-15-22(6)27(31)28(32)23(7)20(4)16-17-21(5)24(8)29(33)30(34)25(9)26(10)35-18-19(2)3/h13-14,16-17,19,26H,4-9,11-12,15,18H2,1-3,10H3/b14-13-,17-16-,28-27-,30-29-. The molecular weight excluding hydrogens is 452 g/mol. The first kappa shape index (κ1) is 32.1. The third kappa shape index (κ3) is 10.9. The van der Waals surface area contributed by atoms with Gasteiger partial charge in [-0.2, -0.15) is 0 Å². The fourth-order valence-corrected chi connectivity index (χ4v) is 2.46. The van der Waals surface area contributed by atoms with Crippen LogP contribution in [0.25, 0.3) is 0 Å². The summed E-state index contributed by atoms with van der Waals surface area (Å²) in [5, 5.41) is 0. The first-order chi connectivity index (χ1) is 16.3. The average molecular weight is 491 g/mol. The Bertz CT molecular complexity index is 970. The zero-order chi connectivity index (χ0) is 27.3. The van der Waals surface area contributed by atoms with E-state index in [1.807, 2.05) is 26.8 Å². The minimum atomic E-state index is -1.24. The van der Waals surface area contributed by atoms with Crippen molar-refractivity contribution in [2.45, 2.75) is 53.1 Å². The predicted octanol–water partition coefficient (Wildman–Crippen LogP) is 9.99. The molecule has 1 atom stereocenters. The minimum absolute atomic E-state index is 0.00508. The van der Waals surface area contributed by atoms with Crippen LogP contribution in [0.4, 0.5) is 17.6 Å². The summed E-state index contributed by atoms with van der Waals surface area (Å²) in [6.07, 6.45) is 7.33. The van der Waals surface area contributed by atoms with Crippen LogP contribution in [0, 0.1) is 5.92 Å². The molecule has 0 aromatic carbocycles. The van der Waals surface area contributed by atoms with Crippen molar-refractivity contribution in [1.29, 1.82) is 0 Å². The molecule has 0 bridgehead atoms. The Hall–Kier alpha value is -2.92. The van der Waals surface area contributed by atoms with E-state index < -0.39 is 29.4 Å². The molecule has 0 rings (SSSR count). The number of rotatable bonds is 16. The van der Waals surface area contributed by atoms with E-state index in [2.05, 4.69) is 39.5 Å². The van der Waals surface area contributed by atoms with Crippen LogP contribution >= 0.6 is 0 Å². The van der Waals surface area contributed by atoms with Gasteiger partial charge in [0, 0.05) is 23.3 Å². The second-order valence-electron chi connectivity index (χ2n) is 8.56. The molecule has 0 aromatic heterocycles. The van der Waals surface area contributed by atoms with Crippen LogP contribution in [0.3, 0.4) is 0 Å². The van der Waals surface area contributed by atoms with Crippen LogP contribution in [0.5, 0.6) is 0 Å². The number of halogens is 4. The normalized spacial score (nSPS) is 14.1. The van der Waals surface area contributed by atoms with Gasteiger partial charge < -0.3 is 4.74 Å². The summed E-state index contributed by atoms with van der Waals surface area (Å²) < 4.78 is 63.5. The summed E-state index contributed by atoms with van der Waals surface area (Å²) in [4.78, 5) is 0. The zero-order valence-electron chi connectivity index (χ0n) is 21.5. The Labute approximate surface area is 208 Å². The molecule has 0 N–H and O–H groups in total. The number of ether oxygens (including phenoxy) is 1. The van der Waals surface area contributed by atoms with Crippen LogP contribution in [0.1, 0.15) is 47.0 Å². The van der Waals surface area contributed by atoms with E-state index in [4.69, 9.17) is 4.74 Å². The Morgan fingerprint density at radius 2 is 1.23 bits per heavy atom. The molecule has 0 saturated carbocycles. The topological polar surface area (TPSA) is 9.23 Å². The van der Waals surface area contributed by atoms with Gasteiger partial charge in [0.2, 0.25) is 0 Å². The van der Waals surface area contributed by atoms with E-state index in [0.29, 0.717) is 6.61 Å². The molecule has 0 amide bonds. The maximum absolute atomic E-state index is 14.6.